The molecule has 1 saturated carbocycles. The topological polar surface area (TPSA) is 33.0 Å². The highest BCUT2D eigenvalue weighted by Crippen LogP contribution is 2.33. The van der Waals surface area contributed by atoms with Crippen LogP contribution in [0.5, 0.6) is 5.75 Å². The molecule has 2 heteroatoms. The Labute approximate surface area is 157 Å². The van der Waals surface area contributed by atoms with E-state index in [1.807, 2.05) is 12.1 Å². The standard InChI is InChI=1S/C24H28NO/c1-2-3-7-16-26-24-15-14-22(17-23(24)18-25)21-12-10-20(11-13-21)19-8-5-4-6-9-19/h4,10-15,17,19H,2-3,5-9,16H2,1H3. The third kappa shape index (κ3) is 4.67. The molecule has 1 radical (unpaired) electrons. The lowest BCUT2D eigenvalue weighted by molar-refractivity contribution is 0.305. The number of nitriles is 1. The van der Waals surface area contributed by atoms with Gasteiger partial charge in [0.15, 0.2) is 0 Å². The SMILES string of the molecule is CCCCCOc1ccc(-c2ccc(C3CC[CH]CC3)cc2)cc1C#N. The largest absolute Gasteiger partial charge is 0.492 e. The van der Waals surface area contributed by atoms with Crippen LogP contribution < -0.4 is 4.74 Å². The highest BCUT2D eigenvalue weighted by atomic mass is 16.5. The zero-order chi connectivity index (χ0) is 18.2. The minimum atomic E-state index is 0.617. The summed E-state index contributed by atoms with van der Waals surface area (Å²) in [6, 6.07) is 17.1. The van der Waals surface area contributed by atoms with Gasteiger partial charge in [0.25, 0.3) is 0 Å². The van der Waals surface area contributed by atoms with E-state index in [-0.39, 0.29) is 0 Å². The normalized spacial score (nSPS) is 14.8. The van der Waals surface area contributed by atoms with Crippen LogP contribution in [0.15, 0.2) is 42.5 Å². The van der Waals surface area contributed by atoms with Gasteiger partial charge in [0.05, 0.1) is 12.2 Å². The van der Waals surface area contributed by atoms with Gasteiger partial charge in [-0.15, -0.1) is 0 Å². The third-order valence-electron chi connectivity index (χ3n) is 5.26. The first-order valence-corrected chi connectivity index (χ1v) is 9.90. The Morgan fingerprint density at radius 3 is 2.42 bits per heavy atom. The van der Waals surface area contributed by atoms with Gasteiger partial charge in [-0.05, 0) is 73.3 Å². The molecule has 2 aromatic rings. The zero-order valence-electron chi connectivity index (χ0n) is 15.7. The summed E-state index contributed by atoms with van der Waals surface area (Å²) in [6.45, 7) is 2.85. The molecule has 0 spiro atoms. The number of hydrogen-bond donors (Lipinski definition) is 0. The summed E-state index contributed by atoms with van der Waals surface area (Å²) < 4.78 is 5.79. The van der Waals surface area contributed by atoms with Crippen molar-refractivity contribution in [1.82, 2.24) is 0 Å². The Morgan fingerprint density at radius 1 is 1.00 bits per heavy atom. The lowest BCUT2D eigenvalue weighted by Crippen LogP contribution is -2.04. The molecule has 0 aliphatic heterocycles. The van der Waals surface area contributed by atoms with Crippen molar-refractivity contribution in [2.75, 3.05) is 6.61 Å². The molecule has 0 N–H and O–H groups in total. The Balaban J connectivity index is 1.71. The van der Waals surface area contributed by atoms with Gasteiger partial charge < -0.3 is 4.74 Å². The number of ether oxygens (including phenoxy) is 1. The molecule has 0 atom stereocenters. The van der Waals surface area contributed by atoms with E-state index >= 15 is 0 Å². The molecule has 0 bridgehead atoms. The fourth-order valence-corrected chi connectivity index (χ4v) is 3.66. The van der Waals surface area contributed by atoms with Gasteiger partial charge in [-0.2, -0.15) is 5.26 Å². The van der Waals surface area contributed by atoms with Crippen LogP contribution in [-0.4, -0.2) is 6.61 Å². The fourth-order valence-electron chi connectivity index (χ4n) is 3.66. The highest BCUT2D eigenvalue weighted by Gasteiger charge is 2.15. The van der Waals surface area contributed by atoms with E-state index in [0.29, 0.717) is 23.8 Å². The van der Waals surface area contributed by atoms with Gasteiger partial charge in [-0.3, -0.25) is 0 Å². The first-order valence-electron chi connectivity index (χ1n) is 9.90. The van der Waals surface area contributed by atoms with Gasteiger partial charge in [0.1, 0.15) is 11.8 Å². The average Bonchev–Trinajstić information content (AvgIpc) is 2.72. The minimum absolute atomic E-state index is 0.617. The predicted molar refractivity (Wildman–Crippen MR) is 107 cm³/mol. The summed E-state index contributed by atoms with van der Waals surface area (Å²) in [4.78, 5) is 0. The van der Waals surface area contributed by atoms with Crippen LogP contribution in [0.1, 0.15) is 68.9 Å². The second-order valence-corrected chi connectivity index (χ2v) is 7.14. The molecule has 2 nitrogen and oxygen atoms in total. The van der Waals surface area contributed by atoms with Crippen molar-refractivity contribution in [2.45, 2.75) is 57.8 Å². The van der Waals surface area contributed by atoms with E-state index in [1.165, 1.54) is 37.7 Å². The van der Waals surface area contributed by atoms with Gasteiger partial charge >= 0.3 is 0 Å². The van der Waals surface area contributed by atoms with Crippen molar-refractivity contribution in [3.63, 3.8) is 0 Å². The summed E-state index contributed by atoms with van der Waals surface area (Å²) >= 11 is 0. The molecular formula is C24H28NO. The van der Waals surface area contributed by atoms with E-state index in [4.69, 9.17) is 4.74 Å². The maximum absolute atomic E-state index is 9.47. The molecule has 26 heavy (non-hydrogen) atoms. The maximum Gasteiger partial charge on any atom is 0.137 e. The smallest absolute Gasteiger partial charge is 0.137 e. The Hall–Kier alpha value is -2.27. The van der Waals surface area contributed by atoms with Gasteiger partial charge in [-0.1, -0.05) is 50.1 Å². The summed E-state index contributed by atoms with van der Waals surface area (Å²) in [5.74, 6) is 1.39. The Kier molecular flexibility index (Phi) is 6.72. The number of hydrogen-bond acceptors (Lipinski definition) is 2. The van der Waals surface area contributed by atoms with Crippen molar-refractivity contribution in [3.05, 3.63) is 60.0 Å². The summed E-state index contributed by atoms with van der Waals surface area (Å²) in [5, 5.41) is 9.47. The van der Waals surface area contributed by atoms with E-state index in [9.17, 15) is 5.26 Å². The van der Waals surface area contributed by atoms with Crippen LogP contribution >= 0.6 is 0 Å². The average molecular weight is 346 g/mol. The minimum Gasteiger partial charge on any atom is -0.492 e. The molecule has 135 valence electrons. The van der Waals surface area contributed by atoms with Crippen molar-refractivity contribution < 1.29 is 4.74 Å². The van der Waals surface area contributed by atoms with Gasteiger partial charge in [0, 0.05) is 0 Å². The Bertz CT molecular complexity index is 736. The second-order valence-electron chi connectivity index (χ2n) is 7.14. The van der Waals surface area contributed by atoms with Crippen LogP contribution in [0.4, 0.5) is 0 Å². The van der Waals surface area contributed by atoms with Crippen LogP contribution in [-0.2, 0) is 0 Å². The summed E-state index contributed by atoms with van der Waals surface area (Å²) in [5.41, 5.74) is 4.29. The van der Waals surface area contributed by atoms with Crippen molar-refractivity contribution in [2.24, 2.45) is 0 Å². The first kappa shape index (κ1) is 18.5. The van der Waals surface area contributed by atoms with Crippen molar-refractivity contribution >= 4 is 0 Å². The molecule has 0 unspecified atom stereocenters. The molecule has 0 amide bonds. The lowest BCUT2D eigenvalue weighted by atomic mass is 9.83. The molecule has 1 fully saturated rings. The molecular weight excluding hydrogens is 318 g/mol. The maximum atomic E-state index is 9.47. The molecule has 1 aliphatic carbocycles. The van der Waals surface area contributed by atoms with Crippen LogP contribution in [0.25, 0.3) is 11.1 Å². The highest BCUT2D eigenvalue weighted by molar-refractivity contribution is 5.67. The molecule has 0 aromatic heterocycles. The van der Waals surface area contributed by atoms with Crippen molar-refractivity contribution in [3.8, 4) is 22.9 Å². The molecule has 3 rings (SSSR count). The number of unbranched alkanes of at least 4 members (excludes halogenated alkanes) is 2. The van der Waals surface area contributed by atoms with Crippen molar-refractivity contribution in [1.29, 1.82) is 5.26 Å². The van der Waals surface area contributed by atoms with E-state index in [0.717, 1.165) is 24.0 Å². The van der Waals surface area contributed by atoms with E-state index in [1.54, 1.807) is 0 Å². The van der Waals surface area contributed by atoms with Gasteiger partial charge in [0.2, 0.25) is 0 Å². The van der Waals surface area contributed by atoms with E-state index < -0.39 is 0 Å². The second kappa shape index (κ2) is 9.43. The number of rotatable bonds is 7. The van der Waals surface area contributed by atoms with Crippen LogP contribution in [0, 0.1) is 17.8 Å². The molecule has 0 saturated heterocycles. The Morgan fingerprint density at radius 2 is 1.73 bits per heavy atom. The van der Waals surface area contributed by atoms with E-state index in [2.05, 4.69) is 49.7 Å². The predicted octanol–water partition coefficient (Wildman–Crippen LogP) is 6.66. The molecule has 2 aromatic carbocycles. The quantitative estimate of drug-likeness (QED) is 0.525. The monoisotopic (exact) mass is 346 g/mol. The number of nitrogens with zero attached hydrogens (tertiary/aromatic N) is 1. The van der Waals surface area contributed by atoms with Gasteiger partial charge in [-0.25, -0.2) is 0 Å². The summed E-state index contributed by atoms with van der Waals surface area (Å²) in [6.07, 6.45) is 10.8. The summed E-state index contributed by atoms with van der Waals surface area (Å²) in [7, 11) is 0. The third-order valence-corrected chi connectivity index (χ3v) is 5.26. The number of benzene rings is 2. The molecule has 1 aliphatic rings. The lowest BCUT2D eigenvalue weighted by Gasteiger charge is -2.22. The van der Waals surface area contributed by atoms with Crippen LogP contribution in [0.3, 0.4) is 0 Å². The first-order chi connectivity index (χ1) is 12.8. The zero-order valence-corrected chi connectivity index (χ0v) is 15.7. The fraction of sp³-hybridized carbons (Fsp3) is 0.417. The van der Waals surface area contributed by atoms with Crippen LogP contribution in [0.2, 0.25) is 0 Å². The molecule has 0 heterocycles.